The van der Waals surface area contributed by atoms with Crippen LogP contribution >= 0.6 is 0 Å². The number of morpholine rings is 1. The van der Waals surface area contributed by atoms with E-state index in [1.54, 1.807) is 12.1 Å². The van der Waals surface area contributed by atoms with Crippen molar-refractivity contribution < 1.29 is 13.9 Å². The molecule has 0 aliphatic carbocycles. The van der Waals surface area contributed by atoms with Crippen molar-refractivity contribution in [3.05, 3.63) is 72.3 Å². The molecule has 148 valence electrons. The molecule has 0 bridgehead atoms. The molecule has 2 N–H and O–H groups in total. The Balaban J connectivity index is 1.44. The van der Waals surface area contributed by atoms with Crippen LogP contribution < -0.4 is 15.5 Å². The van der Waals surface area contributed by atoms with E-state index >= 15 is 0 Å². The number of hydrogen-bond donors (Lipinski definition) is 2. The lowest BCUT2D eigenvalue weighted by atomic mass is 10.2. The normalized spacial score (nSPS) is 13.8. The van der Waals surface area contributed by atoms with E-state index in [2.05, 4.69) is 25.5 Å². The van der Waals surface area contributed by atoms with Gasteiger partial charge >= 0.3 is 0 Å². The van der Waals surface area contributed by atoms with E-state index in [4.69, 9.17) is 4.74 Å². The highest BCUT2D eigenvalue weighted by atomic mass is 19.1. The smallest absolute Gasteiger partial charge is 0.258 e. The molecule has 1 aromatic heterocycles. The highest BCUT2D eigenvalue weighted by Crippen LogP contribution is 2.26. The monoisotopic (exact) mass is 393 g/mol. The summed E-state index contributed by atoms with van der Waals surface area (Å²) in [5.41, 5.74) is 2.68. The molecule has 7 nitrogen and oxygen atoms in total. The molecular weight excluding hydrogens is 373 g/mol. The molecule has 0 unspecified atom stereocenters. The Morgan fingerprint density at radius 2 is 1.69 bits per heavy atom. The summed E-state index contributed by atoms with van der Waals surface area (Å²) >= 11 is 0. The Hall–Kier alpha value is -3.52. The van der Waals surface area contributed by atoms with E-state index in [9.17, 15) is 9.18 Å². The van der Waals surface area contributed by atoms with Crippen LogP contribution in [-0.2, 0) is 4.74 Å². The predicted octanol–water partition coefficient (Wildman–Crippen LogP) is 3.45. The topological polar surface area (TPSA) is 79.4 Å². The summed E-state index contributed by atoms with van der Waals surface area (Å²) in [4.78, 5) is 23.2. The fourth-order valence-corrected chi connectivity index (χ4v) is 3.03. The molecule has 0 radical (unpaired) electrons. The minimum Gasteiger partial charge on any atom is -0.378 e. The SMILES string of the molecule is O=C(Nc1ccccc1N1CCOCC1)c1cnc(Nc2ccc(F)cc2)nc1. The first kappa shape index (κ1) is 18.8. The Kier molecular flexibility index (Phi) is 5.62. The molecule has 0 spiro atoms. The maximum absolute atomic E-state index is 13.0. The molecule has 1 saturated heterocycles. The van der Waals surface area contributed by atoms with Gasteiger partial charge in [0.2, 0.25) is 5.95 Å². The van der Waals surface area contributed by atoms with Crippen LogP contribution in [0, 0.1) is 5.82 Å². The quantitative estimate of drug-likeness (QED) is 0.691. The standard InChI is InChI=1S/C21H20FN5O2/c22-16-5-7-17(8-6-16)25-21-23-13-15(14-24-21)20(28)26-18-3-1-2-4-19(18)27-9-11-29-12-10-27/h1-8,13-14H,9-12H2,(H,26,28)(H,23,24,25). The Morgan fingerprint density at radius 1 is 1.00 bits per heavy atom. The van der Waals surface area contributed by atoms with Gasteiger partial charge in [-0.3, -0.25) is 4.79 Å². The summed E-state index contributed by atoms with van der Waals surface area (Å²) in [5, 5.41) is 5.90. The zero-order valence-electron chi connectivity index (χ0n) is 15.6. The molecule has 1 aliphatic rings. The highest BCUT2D eigenvalue weighted by Gasteiger charge is 2.16. The number of halogens is 1. The molecule has 0 saturated carbocycles. The van der Waals surface area contributed by atoms with Gasteiger partial charge in [-0.15, -0.1) is 0 Å². The highest BCUT2D eigenvalue weighted by molar-refractivity contribution is 6.05. The molecule has 3 aromatic rings. The number of nitrogens with zero attached hydrogens (tertiary/aromatic N) is 3. The molecule has 2 heterocycles. The third-order valence-corrected chi connectivity index (χ3v) is 4.52. The van der Waals surface area contributed by atoms with Crippen LogP contribution in [0.15, 0.2) is 60.9 Å². The first-order valence-electron chi connectivity index (χ1n) is 9.27. The fourth-order valence-electron chi connectivity index (χ4n) is 3.03. The van der Waals surface area contributed by atoms with Gasteiger partial charge in [0.1, 0.15) is 5.82 Å². The summed E-state index contributed by atoms with van der Waals surface area (Å²) in [6.07, 6.45) is 2.90. The molecule has 1 fully saturated rings. The van der Waals surface area contributed by atoms with Crippen molar-refractivity contribution >= 4 is 28.9 Å². The lowest BCUT2D eigenvalue weighted by Gasteiger charge is -2.30. The second-order valence-electron chi connectivity index (χ2n) is 6.50. The number of carbonyl (C=O) groups excluding carboxylic acids is 1. The number of rotatable bonds is 5. The zero-order valence-corrected chi connectivity index (χ0v) is 15.6. The Bertz CT molecular complexity index is 973. The van der Waals surface area contributed by atoms with Crippen LogP contribution in [0.3, 0.4) is 0 Å². The van der Waals surface area contributed by atoms with Gasteiger partial charge in [0.25, 0.3) is 5.91 Å². The van der Waals surface area contributed by atoms with Crippen molar-refractivity contribution in [1.29, 1.82) is 0 Å². The minimum absolute atomic E-state index is 0.293. The van der Waals surface area contributed by atoms with E-state index in [-0.39, 0.29) is 11.7 Å². The second-order valence-corrected chi connectivity index (χ2v) is 6.50. The van der Waals surface area contributed by atoms with E-state index in [0.717, 1.165) is 24.5 Å². The largest absolute Gasteiger partial charge is 0.378 e. The zero-order chi connectivity index (χ0) is 20.1. The number of ether oxygens (including phenoxy) is 1. The van der Waals surface area contributed by atoms with Crippen molar-refractivity contribution in [3.8, 4) is 0 Å². The number of para-hydroxylation sites is 2. The number of carbonyl (C=O) groups is 1. The van der Waals surface area contributed by atoms with Crippen molar-refractivity contribution in [1.82, 2.24) is 9.97 Å². The van der Waals surface area contributed by atoms with Crippen LogP contribution in [0.5, 0.6) is 0 Å². The summed E-state index contributed by atoms with van der Waals surface area (Å²) in [6.45, 7) is 2.89. The molecular formula is C21H20FN5O2. The van der Waals surface area contributed by atoms with Crippen LogP contribution in [0.2, 0.25) is 0 Å². The number of hydrogen-bond acceptors (Lipinski definition) is 6. The van der Waals surface area contributed by atoms with Gasteiger partial charge in [0.05, 0.1) is 30.2 Å². The molecule has 8 heteroatoms. The van der Waals surface area contributed by atoms with Crippen LogP contribution in [0.25, 0.3) is 0 Å². The molecule has 29 heavy (non-hydrogen) atoms. The summed E-state index contributed by atoms with van der Waals surface area (Å²) in [7, 11) is 0. The summed E-state index contributed by atoms with van der Waals surface area (Å²) < 4.78 is 18.4. The first-order valence-corrected chi connectivity index (χ1v) is 9.27. The Morgan fingerprint density at radius 3 is 2.41 bits per heavy atom. The number of anilines is 4. The predicted molar refractivity (Wildman–Crippen MR) is 109 cm³/mol. The third kappa shape index (κ3) is 4.67. The average Bonchev–Trinajstić information content (AvgIpc) is 2.77. The van der Waals surface area contributed by atoms with Gasteiger partial charge < -0.3 is 20.3 Å². The van der Waals surface area contributed by atoms with Gasteiger partial charge in [0.15, 0.2) is 0 Å². The van der Waals surface area contributed by atoms with Crippen molar-refractivity contribution in [2.45, 2.75) is 0 Å². The van der Waals surface area contributed by atoms with E-state index in [1.165, 1.54) is 24.5 Å². The third-order valence-electron chi connectivity index (χ3n) is 4.52. The lowest BCUT2D eigenvalue weighted by Crippen LogP contribution is -2.36. The van der Waals surface area contributed by atoms with Gasteiger partial charge in [-0.05, 0) is 36.4 Å². The van der Waals surface area contributed by atoms with Gasteiger partial charge in [-0.2, -0.15) is 0 Å². The number of amides is 1. The van der Waals surface area contributed by atoms with Crippen LogP contribution in [0.1, 0.15) is 10.4 Å². The van der Waals surface area contributed by atoms with Crippen LogP contribution in [0.4, 0.5) is 27.4 Å². The second kappa shape index (κ2) is 8.66. The summed E-state index contributed by atoms with van der Waals surface area (Å²) in [5.74, 6) is -0.290. The van der Waals surface area contributed by atoms with Gasteiger partial charge in [-0.1, -0.05) is 12.1 Å². The number of benzene rings is 2. The molecule has 0 atom stereocenters. The average molecular weight is 393 g/mol. The lowest BCUT2D eigenvalue weighted by molar-refractivity contribution is 0.102. The van der Waals surface area contributed by atoms with Gasteiger partial charge in [-0.25, -0.2) is 14.4 Å². The number of nitrogens with one attached hydrogen (secondary N) is 2. The molecule has 4 rings (SSSR count). The van der Waals surface area contributed by atoms with Crippen molar-refractivity contribution in [2.75, 3.05) is 41.8 Å². The minimum atomic E-state index is -0.319. The molecule has 1 aliphatic heterocycles. The maximum atomic E-state index is 13.0. The van der Waals surface area contributed by atoms with Crippen LogP contribution in [-0.4, -0.2) is 42.2 Å². The van der Waals surface area contributed by atoms with Crippen molar-refractivity contribution in [3.63, 3.8) is 0 Å². The van der Waals surface area contributed by atoms with E-state index in [1.807, 2.05) is 24.3 Å². The van der Waals surface area contributed by atoms with Gasteiger partial charge in [0, 0.05) is 31.2 Å². The molecule has 2 aromatic carbocycles. The number of aromatic nitrogens is 2. The fraction of sp³-hybridized carbons (Fsp3) is 0.190. The Labute approximate surface area is 167 Å². The first-order chi connectivity index (χ1) is 14.2. The maximum Gasteiger partial charge on any atom is 0.258 e. The van der Waals surface area contributed by atoms with E-state index in [0.29, 0.717) is 30.4 Å². The van der Waals surface area contributed by atoms with Crippen molar-refractivity contribution in [2.24, 2.45) is 0 Å². The summed E-state index contributed by atoms with van der Waals surface area (Å²) in [6, 6.07) is 13.5. The molecule has 1 amide bonds. The van der Waals surface area contributed by atoms with E-state index < -0.39 is 0 Å².